The van der Waals surface area contributed by atoms with E-state index in [2.05, 4.69) is 122 Å². The van der Waals surface area contributed by atoms with E-state index in [9.17, 15) is 0 Å². The molecule has 0 aliphatic heterocycles. The third-order valence-electron chi connectivity index (χ3n) is 8.77. The van der Waals surface area contributed by atoms with E-state index in [0.717, 1.165) is 57.4 Å². The van der Waals surface area contributed by atoms with Crippen molar-refractivity contribution in [2.24, 2.45) is 0 Å². The van der Waals surface area contributed by atoms with Crippen LogP contribution in [0.2, 0.25) is 0 Å². The number of nitrogens with zero attached hydrogens (tertiary/aromatic N) is 4. The number of rotatable bonds is 11. The maximum Gasteiger partial charge on any atom is 2.00 e. The number of aromatic nitrogens is 4. The summed E-state index contributed by atoms with van der Waals surface area (Å²) in [6.07, 6.45) is 7.57. The van der Waals surface area contributed by atoms with E-state index in [4.69, 9.17) is 14.8 Å². The Morgan fingerprint density at radius 1 is 0.792 bits per heavy atom. The van der Waals surface area contributed by atoms with Gasteiger partial charge in [-0.25, -0.2) is 4.98 Å². The van der Waals surface area contributed by atoms with Crippen molar-refractivity contribution in [1.82, 2.24) is 19.3 Å². The van der Waals surface area contributed by atoms with E-state index < -0.39 is 0 Å². The zero-order valence-corrected chi connectivity index (χ0v) is 29.5. The van der Waals surface area contributed by atoms with Gasteiger partial charge in [0.15, 0.2) is 0 Å². The SMILES string of the molecule is CCCCCCc1c(-c2ccccc2)c(C(C)C)nn1-c1[c-]c(Oc2[c-]c3c(cc2)c2ccccc2n3-c2cc(C)ccn2)ccc1.[Pd+2]. The van der Waals surface area contributed by atoms with E-state index >= 15 is 0 Å². The first kappa shape index (κ1) is 33.4. The number of unbranched alkanes of at least 4 members (excludes halogenated alkanes) is 3. The molecule has 48 heavy (non-hydrogen) atoms. The standard InChI is InChI=1S/C42H40N4O.Pd/c1-5-6-7-11-21-38-41(31-15-9-8-10-16-31)42(29(2)3)44-46(38)32-17-14-18-33(27-32)47-34-22-23-36-35-19-12-13-20-37(35)45(39(36)28-34)40-26-30(4)24-25-43-40;/h8-10,12-20,22-26,29H,5-7,11,21H2,1-4H3;/q-2;+2. The van der Waals surface area contributed by atoms with E-state index in [1.165, 1.54) is 36.1 Å². The predicted molar refractivity (Wildman–Crippen MR) is 192 cm³/mol. The number of hydrogen-bond donors (Lipinski definition) is 0. The molecule has 0 aliphatic carbocycles. The quantitative estimate of drug-likeness (QED) is 0.0758. The molecule has 0 unspecified atom stereocenters. The Labute approximate surface area is 297 Å². The average molecular weight is 723 g/mol. The molecule has 0 atom stereocenters. The van der Waals surface area contributed by atoms with Crippen LogP contribution in [0.5, 0.6) is 11.5 Å². The Hall–Kier alpha value is -4.50. The number of pyridine rings is 1. The van der Waals surface area contributed by atoms with Crippen LogP contribution in [0.3, 0.4) is 0 Å². The van der Waals surface area contributed by atoms with Crippen molar-refractivity contribution in [3.63, 3.8) is 0 Å². The number of fused-ring (bicyclic) bond motifs is 3. The van der Waals surface area contributed by atoms with E-state index in [1.54, 1.807) is 0 Å². The fourth-order valence-electron chi connectivity index (χ4n) is 6.50. The van der Waals surface area contributed by atoms with Crippen LogP contribution in [-0.4, -0.2) is 19.3 Å². The number of para-hydroxylation sites is 1. The summed E-state index contributed by atoms with van der Waals surface area (Å²) < 4.78 is 10.8. The molecule has 0 bridgehead atoms. The molecule has 5 nitrogen and oxygen atoms in total. The van der Waals surface area contributed by atoms with Crippen molar-refractivity contribution in [2.45, 2.75) is 65.7 Å². The van der Waals surface area contributed by atoms with Crippen LogP contribution < -0.4 is 4.74 Å². The molecule has 3 aromatic heterocycles. The van der Waals surface area contributed by atoms with Gasteiger partial charge in [0, 0.05) is 34.5 Å². The van der Waals surface area contributed by atoms with Gasteiger partial charge in [-0.15, -0.1) is 35.7 Å². The van der Waals surface area contributed by atoms with Gasteiger partial charge in [0.25, 0.3) is 0 Å². The van der Waals surface area contributed by atoms with Gasteiger partial charge in [-0.05, 0) is 66.1 Å². The third kappa shape index (κ3) is 6.61. The second-order valence-corrected chi connectivity index (χ2v) is 12.6. The van der Waals surface area contributed by atoms with Crippen molar-refractivity contribution < 1.29 is 25.2 Å². The molecular weight excluding hydrogens is 683 g/mol. The molecule has 6 heteroatoms. The minimum atomic E-state index is 0. The maximum atomic E-state index is 6.50. The predicted octanol–water partition coefficient (Wildman–Crippen LogP) is 11.0. The van der Waals surface area contributed by atoms with Crippen LogP contribution in [-0.2, 0) is 26.8 Å². The van der Waals surface area contributed by atoms with Crippen molar-refractivity contribution >= 4 is 21.8 Å². The Kier molecular flexibility index (Phi) is 10.2. The minimum absolute atomic E-state index is 0. The molecule has 7 rings (SSSR count). The van der Waals surface area contributed by atoms with Crippen LogP contribution in [0.15, 0.2) is 103 Å². The summed E-state index contributed by atoms with van der Waals surface area (Å²) in [6.45, 7) is 8.79. The zero-order chi connectivity index (χ0) is 32.3. The fraction of sp³-hybridized carbons (Fsp3) is 0.238. The molecule has 0 aliphatic rings. The second-order valence-electron chi connectivity index (χ2n) is 12.6. The summed E-state index contributed by atoms with van der Waals surface area (Å²) in [5.74, 6) is 2.37. The van der Waals surface area contributed by atoms with Gasteiger partial charge in [-0.2, -0.15) is 17.2 Å². The van der Waals surface area contributed by atoms with Crippen LogP contribution in [0.25, 0.3) is 44.4 Å². The molecule has 0 spiro atoms. The molecule has 4 aromatic carbocycles. The number of aryl methyl sites for hydroxylation is 1. The van der Waals surface area contributed by atoms with Crippen LogP contribution in [0.4, 0.5) is 0 Å². The van der Waals surface area contributed by atoms with Crippen molar-refractivity contribution in [2.75, 3.05) is 0 Å². The van der Waals surface area contributed by atoms with E-state index in [1.807, 2.05) is 30.5 Å². The monoisotopic (exact) mass is 722 g/mol. The summed E-state index contributed by atoms with van der Waals surface area (Å²) in [7, 11) is 0. The first-order valence-corrected chi connectivity index (χ1v) is 16.8. The minimum Gasteiger partial charge on any atom is -0.509 e. The molecule has 7 aromatic rings. The van der Waals surface area contributed by atoms with Crippen LogP contribution >= 0.6 is 0 Å². The Balaban J connectivity index is 0.00000401. The van der Waals surface area contributed by atoms with E-state index in [0.29, 0.717) is 11.5 Å². The van der Waals surface area contributed by atoms with Crippen molar-refractivity contribution in [1.29, 1.82) is 0 Å². The van der Waals surface area contributed by atoms with E-state index in [-0.39, 0.29) is 26.3 Å². The maximum absolute atomic E-state index is 6.50. The number of ether oxygens (including phenoxy) is 1. The summed E-state index contributed by atoms with van der Waals surface area (Å²) in [6, 6.07) is 40.5. The Bertz CT molecular complexity index is 2160. The van der Waals surface area contributed by atoms with Gasteiger partial charge in [0.2, 0.25) is 0 Å². The third-order valence-corrected chi connectivity index (χ3v) is 8.77. The number of benzene rings is 4. The molecule has 0 fully saturated rings. The molecule has 0 saturated heterocycles. The fourth-order valence-corrected chi connectivity index (χ4v) is 6.50. The zero-order valence-electron chi connectivity index (χ0n) is 27.9. The van der Waals surface area contributed by atoms with Crippen LogP contribution in [0.1, 0.15) is 69.3 Å². The molecule has 0 saturated carbocycles. The van der Waals surface area contributed by atoms with Gasteiger partial charge < -0.3 is 9.30 Å². The van der Waals surface area contributed by atoms with Crippen molar-refractivity contribution in [3.05, 3.63) is 132 Å². The van der Waals surface area contributed by atoms with Gasteiger partial charge in [-0.3, -0.25) is 4.68 Å². The summed E-state index contributed by atoms with van der Waals surface area (Å²) in [5, 5.41) is 7.49. The number of hydrogen-bond acceptors (Lipinski definition) is 3. The van der Waals surface area contributed by atoms with Gasteiger partial charge in [-0.1, -0.05) is 94.1 Å². The molecule has 3 heterocycles. The molecule has 244 valence electrons. The first-order valence-electron chi connectivity index (χ1n) is 16.8. The summed E-state index contributed by atoms with van der Waals surface area (Å²) in [5.41, 5.74) is 8.83. The molecule has 0 radical (unpaired) electrons. The summed E-state index contributed by atoms with van der Waals surface area (Å²) in [4.78, 5) is 4.71. The molecule has 0 N–H and O–H groups in total. The van der Waals surface area contributed by atoms with Crippen LogP contribution in [0, 0.1) is 19.1 Å². The molecular formula is C42H40N4OPd. The van der Waals surface area contributed by atoms with Gasteiger partial charge in [0.1, 0.15) is 5.82 Å². The second kappa shape index (κ2) is 14.7. The summed E-state index contributed by atoms with van der Waals surface area (Å²) >= 11 is 0. The molecule has 0 amide bonds. The topological polar surface area (TPSA) is 44.9 Å². The first-order chi connectivity index (χ1) is 23.0. The van der Waals surface area contributed by atoms with Crippen molar-refractivity contribution in [3.8, 4) is 34.1 Å². The normalized spacial score (nSPS) is 11.4. The average Bonchev–Trinajstić information content (AvgIpc) is 3.63. The Morgan fingerprint density at radius 3 is 2.38 bits per heavy atom. The Morgan fingerprint density at radius 2 is 1.58 bits per heavy atom. The largest absolute Gasteiger partial charge is 2.00 e. The smallest absolute Gasteiger partial charge is 0.509 e. The van der Waals surface area contributed by atoms with Gasteiger partial charge in [0.05, 0.1) is 5.69 Å². The van der Waals surface area contributed by atoms with Gasteiger partial charge >= 0.3 is 20.4 Å².